The minimum Gasteiger partial charge on any atom is -0.448 e. The molecule has 23 heavy (non-hydrogen) atoms. The number of anilines is 1. The number of ether oxygens (including phenoxy) is 2. The second kappa shape index (κ2) is 6.23. The molecule has 0 amide bonds. The lowest BCUT2D eigenvalue weighted by atomic mass is 9.94. The highest BCUT2D eigenvalue weighted by atomic mass is 32.2. The van der Waals surface area contributed by atoms with E-state index in [4.69, 9.17) is 9.47 Å². The van der Waals surface area contributed by atoms with Gasteiger partial charge in [0.15, 0.2) is 11.5 Å². The second-order valence-electron chi connectivity index (χ2n) is 6.94. The molecule has 1 heterocycles. The fraction of sp³-hybridized carbons (Fsp3) is 0.647. The number of benzene rings is 1. The summed E-state index contributed by atoms with van der Waals surface area (Å²) in [7, 11) is -3.33. The summed E-state index contributed by atoms with van der Waals surface area (Å²) in [6, 6.07) is 5.25. The van der Waals surface area contributed by atoms with Crippen molar-refractivity contribution in [2.75, 3.05) is 10.5 Å². The monoisotopic (exact) mass is 339 g/mol. The van der Waals surface area contributed by atoms with Crippen molar-refractivity contribution in [3.63, 3.8) is 0 Å². The molecule has 1 aromatic rings. The minimum atomic E-state index is -3.33. The van der Waals surface area contributed by atoms with Gasteiger partial charge in [0.25, 0.3) is 5.79 Å². The van der Waals surface area contributed by atoms with Crippen molar-refractivity contribution in [1.82, 2.24) is 0 Å². The average molecular weight is 339 g/mol. The molecule has 128 valence electrons. The molecule has 1 saturated carbocycles. The van der Waals surface area contributed by atoms with Gasteiger partial charge in [-0.2, -0.15) is 0 Å². The predicted octanol–water partition coefficient (Wildman–Crippen LogP) is 3.91. The van der Waals surface area contributed by atoms with Crippen molar-refractivity contribution >= 4 is 15.7 Å². The first-order valence-corrected chi connectivity index (χ1v) is 10.1. The molecule has 0 bridgehead atoms. The van der Waals surface area contributed by atoms with E-state index < -0.39 is 15.8 Å². The van der Waals surface area contributed by atoms with Crippen LogP contribution in [0.4, 0.5) is 5.69 Å². The van der Waals surface area contributed by atoms with Crippen LogP contribution in [-0.4, -0.2) is 20.0 Å². The average Bonchev–Trinajstić information content (AvgIpc) is 2.82. The van der Waals surface area contributed by atoms with Crippen molar-refractivity contribution in [2.45, 2.75) is 58.2 Å². The number of hydrogen-bond donors (Lipinski definition) is 1. The number of rotatable bonds is 5. The van der Waals surface area contributed by atoms with E-state index in [1.807, 2.05) is 13.8 Å². The second-order valence-corrected chi connectivity index (χ2v) is 8.78. The molecule has 0 radical (unpaired) electrons. The zero-order chi connectivity index (χ0) is 16.5. The maximum atomic E-state index is 12.1. The normalized spacial score (nSPS) is 19.3. The van der Waals surface area contributed by atoms with Crippen LogP contribution in [0.2, 0.25) is 0 Å². The third kappa shape index (κ3) is 3.91. The van der Waals surface area contributed by atoms with Crippen molar-refractivity contribution in [3.05, 3.63) is 18.2 Å². The molecule has 2 aliphatic rings. The van der Waals surface area contributed by atoms with Crippen LogP contribution < -0.4 is 14.2 Å². The Balaban J connectivity index is 1.70. The SMILES string of the molecule is CC(C)CCS(=O)(=O)Nc1ccc2c(c1)OC1(CCCCC1)O2. The molecule has 0 aromatic heterocycles. The Labute approximate surface area is 138 Å². The van der Waals surface area contributed by atoms with Gasteiger partial charge in [-0.15, -0.1) is 0 Å². The Kier molecular flexibility index (Phi) is 4.45. The molecule has 1 aliphatic carbocycles. The first-order valence-electron chi connectivity index (χ1n) is 8.40. The fourth-order valence-electron chi connectivity index (χ4n) is 3.07. The summed E-state index contributed by atoms with van der Waals surface area (Å²) in [5.41, 5.74) is 0.531. The number of fused-ring (bicyclic) bond motifs is 1. The summed E-state index contributed by atoms with van der Waals surface area (Å²) in [5, 5.41) is 0. The molecule has 1 aromatic carbocycles. The Morgan fingerprint density at radius 1 is 1.13 bits per heavy atom. The van der Waals surface area contributed by atoms with Crippen LogP contribution in [-0.2, 0) is 10.0 Å². The third-order valence-corrected chi connectivity index (χ3v) is 5.71. The molecule has 1 aliphatic heterocycles. The lowest BCUT2D eigenvalue weighted by Crippen LogP contribution is -2.40. The zero-order valence-electron chi connectivity index (χ0n) is 13.8. The molecule has 0 unspecified atom stereocenters. The van der Waals surface area contributed by atoms with Crippen molar-refractivity contribution in [3.8, 4) is 11.5 Å². The van der Waals surface area contributed by atoms with Gasteiger partial charge in [0, 0.05) is 18.9 Å². The van der Waals surface area contributed by atoms with E-state index in [2.05, 4.69) is 4.72 Å². The van der Waals surface area contributed by atoms with Crippen LogP contribution in [0.15, 0.2) is 18.2 Å². The van der Waals surface area contributed by atoms with E-state index in [1.165, 1.54) is 6.42 Å². The smallest absolute Gasteiger partial charge is 0.251 e. The molecule has 1 N–H and O–H groups in total. The van der Waals surface area contributed by atoms with Gasteiger partial charge in [-0.1, -0.05) is 20.3 Å². The quantitative estimate of drug-likeness (QED) is 0.883. The van der Waals surface area contributed by atoms with Gasteiger partial charge in [-0.05, 0) is 37.3 Å². The van der Waals surface area contributed by atoms with Gasteiger partial charge in [-0.25, -0.2) is 8.42 Å². The van der Waals surface area contributed by atoms with E-state index in [-0.39, 0.29) is 5.75 Å². The topological polar surface area (TPSA) is 64.6 Å². The first-order chi connectivity index (χ1) is 10.9. The summed E-state index contributed by atoms with van der Waals surface area (Å²) < 4.78 is 38.9. The van der Waals surface area contributed by atoms with Gasteiger partial charge in [0.1, 0.15) is 0 Å². The van der Waals surface area contributed by atoms with Crippen LogP contribution in [0, 0.1) is 5.92 Å². The fourth-order valence-corrected chi connectivity index (χ4v) is 4.44. The van der Waals surface area contributed by atoms with E-state index in [9.17, 15) is 8.42 Å². The standard InChI is InChI=1S/C17H25NO4S/c1-13(2)8-11-23(19,20)18-14-6-7-15-16(12-14)22-17(21-15)9-4-3-5-10-17/h6-7,12-13,18H,3-5,8-11H2,1-2H3. The molecule has 3 rings (SSSR count). The molecule has 1 spiro atoms. The summed E-state index contributed by atoms with van der Waals surface area (Å²) in [5.74, 6) is 1.29. The zero-order valence-corrected chi connectivity index (χ0v) is 14.6. The van der Waals surface area contributed by atoms with Crippen LogP contribution >= 0.6 is 0 Å². The van der Waals surface area contributed by atoms with E-state index in [0.717, 1.165) is 25.7 Å². The number of nitrogens with one attached hydrogen (secondary N) is 1. The highest BCUT2D eigenvalue weighted by Gasteiger charge is 2.42. The Morgan fingerprint density at radius 3 is 2.52 bits per heavy atom. The van der Waals surface area contributed by atoms with Gasteiger partial charge in [0.05, 0.1) is 11.4 Å². The van der Waals surface area contributed by atoms with Gasteiger partial charge < -0.3 is 9.47 Å². The molecular weight excluding hydrogens is 314 g/mol. The molecule has 1 fully saturated rings. The number of sulfonamides is 1. The number of hydrogen-bond acceptors (Lipinski definition) is 4. The highest BCUT2D eigenvalue weighted by Crippen LogP contribution is 2.46. The lowest BCUT2D eigenvalue weighted by Gasteiger charge is -2.31. The van der Waals surface area contributed by atoms with E-state index >= 15 is 0 Å². The molecule has 6 heteroatoms. The Morgan fingerprint density at radius 2 is 1.83 bits per heavy atom. The van der Waals surface area contributed by atoms with Crippen LogP contribution in [0.3, 0.4) is 0 Å². The molecule has 0 atom stereocenters. The largest absolute Gasteiger partial charge is 0.448 e. The third-order valence-electron chi connectivity index (χ3n) is 4.39. The van der Waals surface area contributed by atoms with Crippen LogP contribution in [0.25, 0.3) is 0 Å². The van der Waals surface area contributed by atoms with Gasteiger partial charge in [-0.3, -0.25) is 4.72 Å². The van der Waals surface area contributed by atoms with Crippen molar-refractivity contribution in [1.29, 1.82) is 0 Å². The summed E-state index contributed by atoms with van der Waals surface area (Å²) in [4.78, 5) is 0. The maximum Gasteiger partial charge on any atom is 0.251 e. The van der Waals surface area contributed by atoms with E-state index in [1.54, 1.807) is 18.2 Å². The van der Waals surface area contributed by atoms with Crippen LogP contribution in [0.1, 0.15) is 52.4 Å². The van der Waals surface area contributed by atoms with Crippen molar-refractivity contribution < 1.29 is 17.9 Å². The van der Waals surface area contributed by atoms with Gasteiger partial charge in [0.2, 0.25) is 10.0 Å². The van der Waals surface area contributed by atoms with Gasteiger partial charge >= 0.3 is 0 Å². The Bertz CT molecular complexity index is 663. The highest BCUT2D eigenvalue weighted by molar-refractivity contribution is 7.92. The molecule has 0 saturated heterocycles. The Hall–Kier alpha value is -1.43. The summed E-state index contributed by atoms with van der Waals surface area (Å²) in [6.07, 6.45) is 5.83. The van der Waals surface area contributed by atoms with Crippen LogP contribution in [0.5, 0.6) is 11.5 Å². The summed E-state index contributed by atoms with van der Waals surface area (Å²) >= 11 is 0. The minimum absolute atomic E-state index is 0.128. The van der Waals surface area contributed by atoms with Crippen molar-refractivity contribution in [2.24, 2.45) is 5.92 Å². The maximum absolute atomic E-state index is 12.1. The predicted molar refractivity (Wildman–Crippen MR) is 90.4 cm³/mol. The molecular formula is C17H25NO4S. The first kappa shape index (κ1) is 16.4. The summed E-state index contributed by atoms with van der Waals surface area (Å²) in [6.45, 7) is 4.03. The van der Waals surface area contributed by atoms with E-state index in [0.29, 0.717) is 29.5 Å². The molecule has 5 nitrogen and oxygen atoms in total. The lowest BCUT2D eigenvalue weighted by molar-refractivity contribution is -0.105.